The van der Waals surface area contributed by atoms with Crippen LogP contribution >= 0.6 is 11.3 Å². The van der Waals surface area contributed by atoms with Crippen molar-refractivity contribution in [2.75, 3.05) is 7.11 Å². The lowest BCUT2D eigenvalue weighted by atomic mass is 10.1. The van der Waals surface area contributed by atoms with Crippen LogP contribution < -0.4 is 10.1 Å². The van der Waals surface area contributed by atoms with Gasteiger partial charge in [0.05, 0.1) is 7.11 Å². The first-order chi connectivity index (χ1) is 9.65. The van der Waals surface area contributed by atoms with E-state index in [1.807, 2.05) is 13.1 Å². The second kappa shape index (κ2) is 6.81. The molecule has 1 N–H and O–H groups in total. The van der Waals surface area contributed by atoms with E-state index in [1.165, 1.54) is 10.9 Å². The molecule has 0 spiro atoms. The molecule has 20 heavy (non-hydrogen) atoms. The van der Waals surface area contributed by atoms with Crippen molar-refractivity contribution >= 4 is 11.3 Å². The average Bonchev–Trinajstić information content (AvgIpc) is 2.92. The fraction of sp³-hybridized carbons (Fsp3) is 0.400. The third-order valence-electron chi connectivity index (χ3n) is 3.18. The van der Waals surface area contributed by atoms with Crippen molar-refractivity contribution in [2.45, 2.75) is 32.9 Å². The summed E-state index contributed by atoms with van der Waals surface area (Å²) in [5.74, 6) is 0.316. The van der Waals surface area contributed by atoms with E-state index in [0.29, 0.717) is 17.9 Å². The molecule has 0 aliphatic carbocycles. The summed E-state index contributed by atoms with van der Waals surface area (Å²) in [7, 11) is 1.55. The highest BCUT2D eigenvalue weighted by atomic mass is 32.1. The van der Waals surface area contributed by atoms with Crippen LogP contribution in [0.15, 0.2) is 24.4 Å². The molecule has 0 saturated carbocycles. The van der Waals surface area contributed by atoms with Gasteiger partial charge in [-0.25, -0.2) is 9.37 Å². The molecule has 0 radical (unpaired) electrons. The molecule has 1 atom stereocenters. The highest BCUT2D eigenvalue weighted by Crippen LogP contribution is 2.28. The number of ether oxygens (including phenoxy) is 1. The molecular formula is C15H19FN2OS. The van der Waals surface area contributed by atoms with Crippen LogP contribution in [-0.2, 0) is 13.0 Å². The second-order valence-corrected chi connectivity index (χ2v) is 5.73. The van der Waals surface area contributed by atoms with Crippen molar-refractivity contribution in [3.63, 3.8) is 0 Å². The molecule has 2 rings (SSSR count). The van der Waals surface area contributed by atoms with E-state index >= 15 is 0 Å². The second-order valence-electron chi connectivity index (χ2n) is 4.53. The fourth-order valence-corrected chi connectivity index (χ4v) is 2.86. The summed E-state index contributed by atoms with van der Waals surface area (Å²) in [6, 6.07) is 4.74. The molecule has 1 unspecified atom stereocenters. The number of methoxy groups -OCH3 is 1. The van der Waals surface area contributed by atoms with Gasteiger partial charge < -0.3 is 10.1 Å². The Morgan fingerprint density at radius 1 is 1.45 bits per heavy atom. The number of thiazole rings is 1. The van der Waals surface area contributed by atoms with E-state index in [9.17, 15) is 4.39 Å². The summed E-state index contributed by atoms with van der Waals surface area (Å²) < 4.78 is 19.2. The molecule has 0 amide bonds. The Labute approximate surface area is 122 Å². The largest absolute Gasteiger partial charge is 0.496 e. The number of aromatic nitrogens is 1. The predicted octanol–water partition coefficient (Wildman–Crippen LogP) is 3.70. The standard InChI is InChI=1S/C15H19FN2OS/c1-4-11-8-18-14(20-11)9-17-10(2)15-12(16)6-5-7-13(15)19-3/h5-8,10,17H,4,9H2,1-3H3. The van der Waals surface area contributed by atoms with Crippen molar-refractivity contribution in [3.05, 3.63) is 45.7 Å². The van der Waals surface area contributed by atoms with Crippen molar-refractivity contribution in [3.8, 4) is 5.75 Å². The molecule has 5 heteroatoms. The molecule has 1 aromatic heterocycles. The van der Waals surface area contributed by atoms with Crippen LogP contribution in [0.4, 0.5) is 4.39 Å². The van der Waals surface area contributed by atoms with Crippen LogP contribution in [0.5, 0.6) is 5.75 Å². The Hall–Kier alpha value is -1.46. The maximum absolute atomic E-state index is 13.9. The number of aryl methyl sites for hydroxylation is 1. The van der Waals surface area contributed by atoms with Crippen LogP contribution in [0.2, 0.25) is 0 Å². The zero-order chi connectivity index (χ0) is 14.5. The minimum atomic E-state index is -0.252. The van der Waals surface area contributed by atoms with Gasteiger partial charge in [-0.2, -0.15) is 0 Å². The molecule has 0 saturated heterocycles. The Balaban J connectivity index is 2.06. The normalized spacial score (nSPS) is 12.4. The lowest BCUT2D eigenvalue weighted by Gasteiger charge is -2.17. The molecule has 0 aliphatic heterocycles. The molecular weight excluding hydrogens is 275 g/mol. The van der Waals surface area contributed by atoms with Gasteiger partial charge in [-0.3, -0.25) is 0 Å². The number of rotatable bonds is 6. The number of hydrogen-bond acceptors (Lipinski definition) is 4. The maximum atomic E-state index is 13.9. The van der Waals surface area contributed by atoms with E-state index in [4.69, 9.17) is 4.74 Å². The van der Waals surface area contributed by atoms with Crippen molar-refractivity contribution in [1.82, 2.24) is 10.3 Å². The third-order valence-corrected chi connectivity index (χ3v) is 4.32. The van der Waals surface area contributed by atoms with Gasteiger partial charge in [0.1, 0.15) is 16.6 Å². The van der Waals surface area contributed by atoms with E-state index in [2.05, 4.69) is 17.2 Å². The Kier molecular flexibility index (Phi) is 5.09. The van der Waals surface area contributed by atoms with Gasteiger partial charge in [0, 0.05) is 29.2 Å². The van der Waals surface area contributed by atoms with Crippen molar-refractivity contribution < 1.29 is 9.13 Å². The van der Waals surface area contributed by atoms with Gasteiger partial charge in [0.2, 0.25) is 0 Å². The number of nitrogens with one attached hydrogen (secondary N) is 1. The third kappa shape index (κ3) is 3.35. The first kappa shape index (κ1) is 14.9. The van der Waals surface area contributed by atoms with Gasteiger partial charge >= 0.3 is 0 Å². The monoisotopic (exact) mass is 294 g/mol. The molecule has 1 aromatic carbocycles. The minimum absolute atomic E-state index is 0.139. The summed E-state index contributed by atoms with van der Waals surface area (Å²) in [5, 5.41) is 4.31. The van der Waals surface area contributed by atoms with Gasteiger partial charge in [-0.1, -0.05) is 13.0 Å². The fourth-order valence-electron chi connectivity index (χ4n) is 2.05. The highest BCUT2D eigenvalue weighted by molar-refractivity contribution is 7.11. The number of nitrogens with zero attached hydrogens (tertiary/aromatic N) is 1. The van der Waals surface area contributed by atoms with E-state index in [1.54, 1.807) is 30.6 Å². The summed E-state index contributed by atoms with van der Waals surface area (Å²) in [6.45, 7) is 4.66. The van der Waals surface area contributed by atoms with E-state index in [0.717, 1.165) is 11.4 Å². The zero-order valence-corrected chi connectivity index (χ0v) is 12.8. The summed E-state index contributed by atoms with van der Waals surface area (Å²) in [6.07, 6.45) is 2.89. The number of hydrogen-bond donors (Lipinski definition) is 1. The van der Waals surface area contributed by atoms with Crippen LogP contribution in [-0.4, -0.2) is 12.1 Å². The molecule has 0 bridgehead atoms. The zero-order valence-electron chi connectivity index (χ0n) is 11.9. The van der Waals surface area contributed by atoms with Crippen LogP contribution in [0, 0.1) is 5.82 Å². The summed E-state index contributed by atoms with van der Waals surface area (Å²) >= 11 is 1.69. The first-order valence-electron chi connectivity index (χ1n) is 6.65. The maximum Gasteiger partial charge on any atom is 0.131 e. The van der Waals surface area contributed by atoms with Crippen molar-refractivity contribution in [2.24, 2.45) is 0 Å². The Bertz CT molecular complexity index is 571. The highest BCUT2D eigenvalue weighted by Gasteiger charge is 2.16. The number of halogens is 1. The van der Waals surface area contributed by atoms with Crippen molar-refractivity contribution in [1.29, 1.82) is 0 Å². The van der Waals surface area contributed by atoms with Crippen LogP contribution in [0.25, 0.3) is 0 Å². The first-order valence-corrected chi connectivity index (χ1v) is 7.46. The number of benzene rings is 1. The average molecular weight is 294 g/mol. The molecule has 2 aromatic rings. The SMILES string of the molecule is CCc1cnc(CNC(C)c2c(F)cccc2OC)s1. The predicted molar refractivity (Wildman–Crippen MR) is 79.7 cm³/mol. The Morgan fingerprint density at radius 2 is 2.25 bits per heavy atom. The lowest BCUT2D eigenvalue weighted by molar-refractivity contribution is 0.393. The molecule has 0 fully saturated rings. The van der Waals surface area contributed by atoms with Gasteiger partial charge in [-0.15, -0.1) is 11.3 Å². The van der Waals surface area contributed by atoms with Crippen LogP contribution in [0.1, 0.15) is 35.3 Å². The Morgan fingerprint density at radius 3 is 2.90 bits per heavy atom. The quantitative estimate of drug-likeness (QED) is 0.882. The summed E-state index contributed by atoms with van der Waals surface area (Å²) in [4.78, 5) is 5.61. The van der Waals surface area contributed by atoms with E-state index in [-0.39, 0.29) is 11.9 Å². The molecule has 108 valence electrons. The minimum Gasteiger partial charge on any atom is -0.496 e. The topological polar surface area (TPSA) is 34.2 Å². The summed E-state index contributed by atoms with van der Waals surface area (Å²) in [5.41, 5.74) is 0.558. The lowest BCUT2D eigenvalue weighted by Crippen LogP contribution is -2.19. The molecule has 1 heterocycles. The molecule has 3 nitrogen and oxygen atoms in total. The smallest absolute Gasteiger partial charge is 0.131 e. The van der Waals surface area contributed by atoms with Gasteiger partial charge in [0.15, 0.2) is 0 Å². The van der Waals surface area contributed by atoms with E-state index < -0.39 is 0 Å². The van der Waals surface area contributed by atoms with Gasteiger partial charge in [-0.05, 0) is 25.5 Å². The van der Waals surface area contributed by atoms with Gasteiger partial charge in [0.25, 0.3) is 0 Å². The molecule has 0 aliphatic rings. The van der Waals surface area contributed by atoms with Crippen LogP contribution in [0.3, 0.4) is 0 Å².